The summed E-state index contributed by atoms with van der Waals surface area (Å²) in [5, 5.41) is 3.39. The molecule has 1 fully saturated rings. The summed E-state index contributed by atoms with van der Waals surface area (Å²) in [5.74, 6) is 1.61. The molecule has 1 aliphatic rings. The van der Waals surface area contributed by atoms with Crippen LogP contribution in [0, 0.1) is 5.82 Å². The van der Waals surface area contributed by atoms with Gasteiger partial charge in [-0.25, -0.2) is 14.4 Å². The minimum absolute atomic E-state index is 0.300. The van der Waals surface area contributed by atoms with E-state index in [1.165, 1.54) is 12.1 Å². The Kier molecular flexibility index (Phi) is 9.71. The Morgan fingerprint density at radius 3 is 2.69 bits per heavy atom. The first-order valence-corrected chi connectivity index (χ1v) is 11.2. The molecular formula is C24H33FN4O3. The van der Waals surface area contributed by atoms with E-state index in [2.05, 4.69) is 22.1 Å². The summed E-state index contributed by atoms with van der Waals surface area (Å²) in [6.45, 7) is 6.70. The molecule has 0 radical (unpaired) electrons. The van der Waals surface area contributed by atoms with Gasteiger partial charge in [-0.15, -0.1) is 0 Å². The van der Waals surface area contributed by atoms with E-state index >= 15 is 0 Å². The van der Waals surface area contributed by atoms with Crippen LogP contribution < -0.4 is 10.1 Å². The van der Waals surface area contributed by atoms with Crippen LogP contribution >= 0.6 is 0 Å². The number of guanidine groups is 1. The third kappa shape index (κ3) is 7.76. The first kappa shape index (κ1) is 23.9. The molecule has 0 amide bonds. The number of hydrogen-bond donors (Lipinski definition) is 1. The zero-order chi connectivity index (χ0) is 22.6. The van der Waals surface area contributed by atoms with Crippen molar-refractivity contribution in [1.29, 1.82) is 0 Å². The third-order valence-corrected chi connectivity index (χ3v) is 5.17. The number of aliphatic imine (C=N–C) groups is 1. The molecule has 32 heavy (non-hydrogen) atoms. The van der Waals surface area contributed by atoms with Crippen molar-refractivity contribution in [2.45, 2.75) is 38.8 Å². The van der Waals surface area contributed by atoms with Crippen molar-refractivity contribution in [3.05, 3.63) is 54.0 Å². The number of nitrogens with zero attached hydrogens (tertiary/aromatic N) is 3. The largest absolute Gasteiger partial charge is 0.439 e. The SMILES string of the molecule is CCNC(=NCc1ccnc(Oc2ccc(F)cc2)c1)N1CCC(OCCCOC)CC1. The van der Waals surface area contributed by atoms with Crippen LogP contribution in [0.2, 0.25) is 0 Å². The van der Waals surface area contributed by atoms with E-state index in [1.807, 2.05) is 12.1 Å². The van der Waals surface area contributed by atoms with Gasteiger partial charge < -0.3 is 24.4 Å². The van der Waals surface area contributed by atoms with Gasteiger partial charge in [0.25, 0.3) is 0 Å². The molecule has 7 nitrogen and oxygen atoms in total. The topological polar surface area (TPSA) is 68.2 Å². The number of methoxy groups -OCH3 is 1. The van der Waals surface area contributed by atoms with Gasteiger partial charge in [0.05, 0.1) is 12.6 Å². The lowest BCUT2D eigenvalue weighted by molar-refractivity contribution is 0.00990. The minimum Gasteiger partial charge on any atom is -0.439 e. The van der Waals surface area contributed by atoms with Crippen molar-refractivity contribution in [1.82, 2.24) is 15.2 Å². The molecule has 3 rings (SSSR count). The van der Waals surface area contributed by atoms with Crippen molar-refractivity contribution in [2.24, 2.45) is 4.99 Å². The fourth-order valence-electron chi connectivity index (χ4n) is 3.51. The van der Waals surface area contributed by atoms with E-state index in [9.17, 15) is 4.39 Å². The Hall–Kier alpha value is -2.71. The number of aromatic nitrogens is 1. The molecule has 0 saturated carbocycles. The monoisotopic (exact) mass is 444 g/mol. The van der Waals surface area contributed by atoms with Gasteiger partial charge in [-0.1, -0.05) is 0 Å². The van der Waals surface area contributed by atoms with Crippen LogP contribution in [0.15, 0.2) is 47.6 Å². The van der Waals surface area contributed by atoms with Gasteiger partial charge in [-0.3, -0.25) is 0 Å². The number of likely N-dealkylation sites (tertiary alicyclic amines) is 1. The van der Waals surface area contributed by atoms with E-state index in [1.54, 1.807) is 25.4 Å². The first-order chi connectivity index (χ1) is 15.7. The van der Waals surface area contributed by atoms with Gasteiger partial charge >= 0.3 is 0 Å². The predicted octanol–water partition coefficient (Wildman–Crippen LogP) is 4.00. The smallest absolute Gasteiger partial charge is 0.219 e. The molecule has 1 N–H and O–H groups in total. The zero-order valence-corrected chi connectivity index (χ0v) is 18.9. The van der Waals surface area contributed by atoms with Crippen molar-refractivity contribution in [3.63, 3.8) is 0 Å². The van der Waals surface area contributed by atoms with Crippen LogP contribution in [0.3, 0.4) is 0 Å². The van der Waals surface area contributed by atoms with E-state index in [0.29, 0.717) is 24.3 Å². The predicted molar refractivity (Wildman–Crippen MR) is 123 cm³/mol. The highest BCUT2D eigenvalue weighted by Crippen LogP contribution is 2.21. The summed E-state index contributed by atoms with van der Waals surface area (Å²) >= 11 is 0. The number of benzene rings is 1. The molecule has 2 aromatic rings. The highest BCUT2D eigenvalue weighted by molar-refractivity contribution is 5.80. The lowest BCUT2D eigenvalue weighted by atomic mass is 10.1. The van der Waals surface area contributed by atoms with Gasteiger partial charge in [-0.05, 0) is 62.1 Å². The lowest BCUT2D eigenvalue weighted by Crippen LogP contribution is -2.47. The van der Waals surface area contributed by atoms with Gasteiger partial charge in [0.15, 0.2) is 5.96 Å². The average molecular weight is 445 g/mol. The van der Waals surface area contributed by atoms with E-state index in [0.717, 1.165) is 63.6 Å². The summed E-state index contributed by atoms with van der Waals surface area (Å²) in [4.78, 5) is 11.3. The number of hydrogen-bond acceptors (Lipinski definition) is 5. The number of pyridine rings is 1. The summed E-state index contributed by atoms with van der Waals surface area (Å²) in [6.07, 6.45) is 4.91. The molecule has 1 aromatic carbocycles. The van der Waals surface area contributed by atoms with Crippen molar-refractivity contribution in [3.8, 4) is 11.6 Å². The van der Waals surface area contributed by atoms with Gasteiger partial charge in [0.2, 0.25) is 5.88 Å². The molecule has 174 valence electrons. The molecule has 8 heteroatoms. The number of ether oxygens (including phenoxy) is 3. The van der Waals surface area contributed by atoms with Crippen LogP contribution in [0.1, 0.15) is 31.7 Å². The fourth-order valence-corrected chi connectivity index (χ4v) is 3.51. The normalized spacial score (nSPS) is 15.1. The molecule has 0 unspecified atom stereocenters. The third-order valence-electron chi connectivity index (χ3n) is 5.17. The van der Waals surface area contributed by atoms with Crippen LogP contribution in [0.4, 0.5) is 4.39 Å². The number of rotatable bonds is 10. The van der Waals surface area contributed by atoms with Crippen LogP contribution in [-0.2, 0) is 16.0 Å². The number of piperidine rings is 1. The van der Waals surface area contributed by atoms with Crippen molar-refractivity contribution >= 4 is 5.96 Å². The Labute approximate surface area is 189 Å². The summed E-state index contributed by atoms with van der Waals surface area (Å²) < 4.78 is 29.8. The van der Waals surface area contributed by atoms with E-state index < -0.39 is 0 Å². The maximum atomic E-state index is 13.1. The molecule has 0 atom stereocenters. The minimum atomic E-state index is -0.300. The highest BCUT2D eigenvalue weighted by atomic mass is 19.1. The highest BCUT2D eigenvalue weighted by Gasteiger charge is 2.21. The maximum absolute atomic E-state index is 13.1. The molecule has 0 aliphatic carbocycles. The lowest BCUT2D eigenvalue weighted by Gasteiger charge is -2.34. The molecule has 1 aromatic heterocycles. The summed E-state index contributed by atoms with van der Waals surface area (Å²) in [7, 11) is 1.71. The molecule has 1 aliphatic heterocycles. The second kappa shape index (κ2) is 13.0. The maximum Gasteiger partial charge on any atom is 0.219 e. The summed E-state index contributed by atoms with van der Waals surface area (Å²) in [5.41, 5.74) is 0.990. The van der Waals surface area contributed by atoms with Crippen molar-refractivity contribution < 1.29 is 18.6 Å². The molecule has 2 heterocycles. The zero-order valence-electron chi connectivity index (χ0n) is 18.9. The first-order valence-electron chi connectivity index (χ1n) is 11.2. The summed E-state index contributed by atoms with van der Waals surface area (Å²) in [6, 6.07) is 9.66. The molecular weight excluding hydrogens is 411 g/mol. The quantitative estimate of drug-likeness (QED) is 0.339. The second-order valence-corrected chi connectivity index (χ2v) is 7.63. The second-order valence-electron chi connectivity index (χ2n) is 7.63. The van der Waals surface area contributed by atoms with Gasteiger partial charge in [0.1, 0.15) is 11.6 Å². The van der Waals surface area contributed by atoms with Gasteiger partial charge in [0, 0.05) is 52.2 Å². The number of nitrogens with one attached hydrogen (secondary N) is 1. The van der Waals surface area contributed by atoms with Crippen LogP contribution in [-0.4, -0.2) is 61.9 Å². The Morgan fingerprint density at radius 1 is 1.19 bits per heavy atom. The standard InChI is InChI=1S/C24H33FN4O3/c1-3-26-24(29-13-10-21(11-14-29)31-16-4-15-30-2)28-18-19-9-12-27-23(17-19)32-22-7-5-20(25)6-8-22/h5-9,12,17,21H,3-4,10-11,13-16,18H2,1-2H3,(H,26,28). The molecule has 1 saturated heterocycles. The Bertz CT molecular complexity index is 839. The fraction of sp³-hybridized carbons (Fsp3) is 0.500. The van der Waals surface area contributed by atoms with E-state index in [-0.39, 0.29) is 5.82 Å². The Morgan fingerprint density at radius 2 is 1.97 bits per heavy atom. The molecule has 0 bridgehead atoms. The van der Waals surface area contributed by atoms with Gasteiger partial charge in [-0.2, -0.15) is 0 Å². The average Bonchev–Trinajstić information content (AvgIpc) is 2.82. The molecule has 0 spiro atoms. The Balaban J connectivity index is 1.54. The van der Waals surface area contributed by atoms with Crippen molar-refractivity contribution in [2.75, 3.05) is 40.0 Å². The van der Waals surface area contributed by atoms with Crippen LogP contribution in [0.25, 0.3) is 0 Å². The van der Waals surface area contributed by atoms with Crippen LogP contribution in [0.5, 0.6) is 11.6 Å². The van der Waals surface area contributed by atoms with E-state index in [4.69, 9.17) is 19.2 Å². The number of halogens is 1.